The number of ether oxygens (including phenoxy) is 1. The monoisotopic (exact) mass is 211 g/mol. The molecule has 0 aliphatic carbocycles. The fourth-order valence-electron chi connectivity index (χ4n) is 1.11. The third-order valence-electron chi connectivity index (χ3n) is 1.83. The Morgan fingerprint density at radius 3 is 2.67 bits per heavy atom. The van der Waals surface area contributed by atoms with E-state index in [1.165, 1.54) is 12.1 Å². The fourth-order valence-corrected chi connectivity index (χ4v) is 1.11. The number of carbonyl (C=O) groups excluding carboxylic acids is 1. The second-order valence-corrected chi connectivity index (χ2v) is 2.81. The first-order valence-corrected chi connectivity index (χ1v) is 4.03. The van der Waals surface area contributed by atoms with E-state index in [9.17, 15) is 13.6 Å². The summed E-state index contributed by atoms with van der Waals surface area (Å²) in [6, 6.07) is 4.15. The summed E-state index contributed by atoms with van der Waals surface area (Å²) >= 11 is 0. The second kappa shape index (κ2) is 4.51. The molecule has 0 radical (unpaired) electrons. The third kappa shape index (κ3) is 2.50. The van der Waals surface area contributed by atoms with Crippen molar-refractivity contribution in [1.82, 2.24) is 0 Å². The molecule has 0 saturated heterocycles. The Morgan fingerprint density at radius 1 is 1.53 bits per heavy atom. The minimum Gasteiger partial charge on any atom is -0.433 e. The molecule has 0 amide bonds. The Hall–Kier alpha value is -1.96. The molecule has 1 aromatic carbocycles. The smallest absolute Gasteiger partial charge is 0.387 e. The summed E-state index contributed by atoms with van der Waals surface area (Å²) < 4.78 is 28.0. The van der Waals surface area contributed by atoms with E-state index in [2.05, 4.69) is 4.74 Å². The van der Waals surface area contributed by atoms with Gasteiger partial charge in [0.15, 0.2) is 0 Å². The Balaban J connectivity index is 3.22. The van der Waals surface area contributed by atoms with E-state index >= 15 is 0 Å². The first-order chi connectivity index (χ1) is 7.08. The minimum atomic E-state index is -2.99. The molecule has 5 heteroatoms. The highest BCUT2D eigenvalue weighted by Crippen LogP contribution is 2.23. The van der Waals surface area contributed by atoms with E-state index in [1.807, 2.05) is 0 Å². The molecule has 0 bridgehead atoms. The van der Waals surface area contributed by atoms with Crippen LogP contribution in [-0.4, -0.2) is 12.9 Å². The van der Waals surface area contributed by atoms with Gasteiger partial charge in [0.2, 0.25) is 0 Å². The van der Waals surface area contributed by atoms with Crippen molar-refractivity contribution in [1.29, 1.82) is 5.26 Å². The van der Waals surface area contributed by atoms with Crippen LogP contribution in [0.1, 0.15) is 21.5 Å². The number of rotatable bonds is 3. The highest BCUT2D eigenvalue weighted by atomic mass is 19.3. The van der Waals surface area contributed by atoms with E-state index in [0.717, 1.165) is 0 Å². The minimum absolute atomic E-state index is 0.0806. The Labute approximate surface area is 84.9 Å². The third-order valence-corrected chi connectivity index (χ3v) is 1.83. The average Bonchev–Trinajstić information content (AvgIpc) is 2.17. The number of alkyl halides is 2. The van der Waals surface area contributed by atoms with Gasteiger partial charge in [0, 0.05) is 5.56 Å². The standard InChI is InChI=1S/C10H7F2NO2/c1-6-2-9(15-10(11)12)7(4-13)3-8(6)5-14/h2-3,5,10H,1H3. The topological polar surface area (TPSA) is 50.1 Å². The van der Waals surface area contributed by atoms with Gasteiger partial charge in [-0.3, -0.25) is 4.79 Å². The Bertz CT molecular complexity index is 424. The van der Waals surface area contributed by atoms with Crippen molar-refractivity contribution in [3.63, 3.8) is 0 Å². The van der Waals surface area contributed by atoms with Gasteiger partial charge in [-0.2, -0.15) is 14.0 Å². The lowest BCUT2D eigenvalue weighted by molar-refractivity contribution is -0.0500. The van der Waals surface area contributed by atoms with Crippen LogP contribution < -0.4 is 4.74 Å². The maximum Gasteiger partial charge on any atom is 0.387 e. The molecule has 0 atom stereocenters. The van der Waals surface area contributed by atoms with Crippen LogP contribution in [-0.2, 0) is 0 Å². The van der Waals surface area contributed by atoms with Crippen molar-refractivity contribution in [2.24, 2.45) is 0 Å². The van der Waals surface area contributed by atoms with Gasteiger partial charge in [0.05, 0.1) is 5.56 Å². The van der Waals surface area contributed by atoms with E-state index < -0.39 is 6.61 Å². The maximum atomic E-state index is 11.9. The predicted octanol–water partition coefficient (Wildman–Crippen LogP) is 2.28. The molecule has 1 aromatic rings. The lowest BCUT2D eigenvalue weighted by Crippen LogP contribution is -2.04. The molecule has 78 valence electrons. The summed E-state index contributed by atoms with van der Waals surface area (Å²) in [5.41, 5.74) is 0.691. The van der Waals surface area contributed by atoms with Gasteiger partial charge in [0.1, 0.15) is 18.1 Å². The first kappa shape index (κ1) is 11.1. The predicted molar refractivity (Wildman–Crippen MR) is 47.9 cm³/mol. The molecule has 0 spiro atoms. The summed E-state index contributed by atoms with van der Waals surface area (Å²) in [4.78, 5) is 10.5. The number of aryl methyl sites for hydroxylation is 1. The normalized spacial score (nSPS) is 9.80. The number of benzene rings is 1. The molecule has 0 saturated carbocycles. The van der Waals surface area contributed by atoms with Gasteiger partial charge < -0.3 is 4.74 Å². The Morgan fingerprint density at radius 2 is 2.20 bits per heavy atom. The van der Waals surface area contributed by atoms with E-state index in [0.29, 0.717) is 11.8 Å². The van der Waals surface area contributed by atoms with Crippen LogP contribution in [0.5, 0.6) is 5.75 Å². The average molecular weight is 211 g/mol. The summed E-state index contributed by atoms with van der Waals surface area (Å²) in [5.74, 6) is -0.212. The van der Waals surface area contributed by atoms with E-state index in [1.54, 1.807) is 13.0 Å². The van der Waals surface area contributed by atoms with Crippen molar-refractivity contribution in [3.05, 3.63) is 28.8 Å². The van der Waals surface area contributed by atoms with Gasteiger partial charge >= 0.3 is 6.61 Å². The number of halogens is 2. The van der Waals surface area contributed by atoms with E-state index in [4.69, 9.17) is 5.26 Å². The zero-order valence-electron chi connectivity index (χ0n) is 7.83. The highest BCUT2D eigenvalue weighted by Gasteiger charge is 2.12. The fraction of sp³-hybridized carbons (Fsp3) is 0.200. The number of nitriles is 1. The molecule has 0 fully saturated rings. The largest absolute Gasteiger partial charge is 0.433 e. The maximum absolute atomic E-state index is 11.9. The van der Waals surface area contributed by atoms with Crippen LogP contribution in [0.3, 0.4) is 0 Å². The first-order valence-electron chi connectivity index (χ1n) is 4.03. The van der Waals surface area contributed by atoms with Crippen molar-refractivity contribution in [3.8, 4) is 11.8 Å². The Kier molecular flexibility index (Phi) is 3.34. The van der Waals surface area contributed by atoms with Crippen molar-refractivity contribution < 1.29 is 18.3 Å². The van der Waals surface area contributed by atoms with Crippen molar-refractivity contribution in [2.75, 3.05) is 0 Å². The molecule has 3 nitrogen and oxygen atoms in total. The molecule has 0 aromatic heterocycles. The van der Waals surface area contributed by atoms with Gasteiger partial charge in [-0.25, -0.2) is 0 Å². The van der Waals surface area contributed by atoms with Crippen LogP contribution in [0, 0.1) is 18.3 Å². The molecule has 1 rings (SSSR count). The molecule has 0 N–H and O–H groups in total. The number of hydrogen-bond acceptors (Lipinski definition) is 3. The zero-order chi connectivity index (χ0) is 11.4. The molecular formula is C10H7F2NO2. The van der Waals surface area contributed by atoms with E-state index in [-0.39, 0.29) is 16.9 Å². The molecule has 0 aliphatic heterocycles. The highest BCUT2D eigenvalue weighted by molar-refractivity contribution is 5.78. The van der Waals surface area contributed by atoms with Gasteiger partial charge in [-0.15, -0.1) is 0 Å². The number of hydrogen-bond donors (Lipinski definition) is 0. The van der Waals surface area contributed by atoms with Crippen LogP contribution in [0.2, 0.25) is 0 Å². The lowest BCUT2D eigenvalue weighted by atomic mass is 10.1. The summed E-state index contributed by atoms with van der Waals surface area (Å²) in [7, 11) is 0. The van der Waals surface area contributed by atoms with Gasteiger partial charge in [0.25, 0.3) is 0 Å². The van der Waals surface area contributed by atoms with Crippen LogP contribution in [0.4, 0.5) is 8.78 Å². The molecule has 0 aliphatic rings. The van der Waals surface area contributed by atoms with Crippen molar-refractivity contribution >= 4 is 6.29 Å². The van der Waals surface area contributed by atoms with Crippen LogP contribution in [0.25, 0.3) is 0 Å². The SMILES string of the molecule is Cc1cc(OC(F)F)c(C#N)cc1C=O. The van der Waals surface area contributed by atoms with Crippen molar-refractivity contribution in [2.45, 2.75) is 13.5 Å². The van der Waals surface area contributed by atoms with Gasteiger partial charge in [-0.05, 0) is 24.6 Å². The zero-order valence-corrected chi connectivity index (χ0v) is 7.83. The molecule has 0 unspecified atom stereocenters. The summed E-state index contributed by atoms with van der Waals surface area (Å²) in [5, 5.41) is 8.65. The molecule has 15 heavy (non-hydrogen) atoms. The number of nitrogens with zero attached hydrogens (tertiary/aromatic N) is 1. The summed E-state index contributed by atoms with van der Waals surface area (Å²) in [6.45, 7) is -1.41. The molecular weight excluding hydrogens is 204 g/mol. The second-order valence-electron chi connectivity index (χ2n) is 2.81. The quantitative estimate of drug-likeness (QED) is 0.720. The number of aldehydes is 1. The van der Waals surface area contributed by atoms with Crippen LogP contribution >= 0.6 is 0 Å². The number of carbonyl (C=O) groups is 1. The van der Waals surface area contributed by atoms with Gasteiger partial charge in [-0.1, -0.05) is 0 Å². The molecule has 0 heterocycles. The van der Waals surface area contributed by atoms with Crippen LogP contribution in [0.15, 0.2) is 12.1 Å². The summed E-state index contributed by atoms with van der Waals surface area (Å²) in [6.07, 6.45) is 0.558. The lowest BCUT2D eigenvalue weighted by Gasteiger charge is -2.08.